The molecule has 0 saturated heterocycles. The van der Waals surface area contributed by atoms with Gasteiger partial charge >= 0.3 is 132 Å². The first-order valence-electron chi connectivity index (χ1n) is 7.68. The van der Waals surface area contributed by atoms with E-state index in [2.05, 4.69) is 97.9 Å². The first-order chi connectivity index (χ1) is 10.7. The molecule has 0 aliphatic rings. The van der Waals surface area contributed by atoms with Crippen LogP contribution in [0.2, 0.25) is 0 Å². The quantitative estimate of drug-likeness (QED) is 0.735. The van der Waals surface area contributed by atoms with E-state index in [0.717, 1.165) is 6.16 Å². The third-order valence-corrected chi connectivity index (χ3v) is 10.4. The Morgan fingerprint density at radius 1 is 0.591 bits per heavy atom. The van der Waals surface area contributed by atoms with Crippen LogP contribution in [0, 0.1) is 0 Å². The van der Waals surface area contributed by atoms with Gasteiger partial charge in [0, 0.05) is 0 Å². The second-order valence-electron chi connectivity index (χ2n) is 5.70. The van der Waals surface area contributed by atoms with Crippen molar-refractivity contribution in [2.75, 3.05) is 6.16 Å². The summed E-state index contributed by atoms with van der Waals surface area (Å²) >= 11 is 0. The Balaban J connectivity index is 2.41. The molecule has 112 valence electrons. The van der Waals surface area contributed by atoms with Gasteiger partial charge in [0.05, 0.1) is 0 Å². The van der Waals surface area contributed by atoms with Crippen molar-refractivity contribution in [1.29, 1.82) is 0 Å². The van der Waals surface area contributed by atoms with E-state index in [1.54, 1.807) is 0 Å². The standard InChI is InChI=1S/C20H22NP/c1-2-22(21,18-12-6-3-7-13-18,19-14-8-4-9-15-19)20-16-10-5-11-17-20/h3-17H,2,21H2,1H3. The summed E-state index contributed by atoms with van der Waals surface area (Å²) in [4.78, 5) is 0. The SMILES string of the molecule is CCP(N)(c1ccccc1)(c1ccccc1)c1ccccc1. The van der Waals surface area contributed by atoms with Crippen LogP contribution >= 0.6 is 6.75 Å². The Morgan fingerprint density at radius 3 is 1.09 bits per heavy atom. The molecule has 0 heterocycles. The van der Waals surface area contributed by atoms with Gasteiger partial charge in [-0.2, -0.15) is 0 Å². The molecule has 0 unspecified atom stereocenters. The predicted octanol–water partition coefficient (Wildman–Crippen LogP) is 3.41. The van der Waals surface area contributed by atoms with Crippen molar-refractivity contribution < 1.29 is 0 Å². The van der Waals surface area contributed by atoms with Crippen LogP contribution in [0.5, 0.6) is 0 Å². The molecule has 0 bridgehead atoms. The van der Waals surface area contributed by atoms with Gasteiger partial charge in [-0.25, -0.2) is 0 Å². The Hall–Kier alpha value is -1.95. The average molecular weight is 307 g/mol. The molecule has 0 fully saturated rings. The van der Waals surface area contributed by atoms with Crippen LogP contribution in [0.3, 0.4) is 0 Å². The molecule has 0 radical (unpaired) electrons. The second-order valence-corrected chi connectivity index (χ2v) is 10.6. The van der Waals surface area contributed by atoms with Crippen molar-refractivity contribution in [2.45, 2.75) is 6.92 Å². The van der Waals surface area contributed by atoms with E-state index in [1.165, 1.54) is 15.9 Å². The summed E-state index contributed by atoms with van der Waals surface area (Å²) < 4.78 is 0. The summed E-state index contributed by atoms with van der Waals surface area (Å²) in [7, 11) is 0. The van der Waals surface area contributed by atoms with Crippen molar-refractivity contribution in [3.8, 4) is 0 Å². The van der Waals surface area contributed by atoms with Crippen molar-refractivity contribution in [3.05, 3.63) is 91.0 Å². The van der Waals surface area contributed by atoms with E-state index in [4.69, 9.17) is 5.50 Å². The molecule has 3 aromatic carbocycles. The number of nitrogens with two attached hydrogens (primary N) is 1. The molecule has 22 heavy (non-hydrogen) atoms. The molecule has 0 aliphatic carbocycles. The van der Waals surface area contributed by atoms with Crippen LogP contribution < -0.4 is 21.4 Å². The van der Waals surface area contributed by atoms with Crippen LogP contribution in [-0.2, 0) is 0 Å². The van der Waals surface area contributed by atoms with Gasteiger partial charge in [-0.1, -0.05) is 0 Å². The molecule has 1 nitrogen and oxygen atoms in total. The molecule has 2 heteroatoms. The molecule has 3 aromatic rings. The van der Waals surface area contributed by atoms with E-state index >= 15 is 0 Å². The van der Waals surface area contributed by atoms with Crippen LogP contribution in [0.1, 0.15) is 6.92 Å². The molecule has 0 atom stereocenters. The number of hydrogen-bond acceptors (Lipinski definition) is 1. The summed E-state index contributed by atoms with van der Waals surface area (Å²) in [5.74, 6) is 0. The minimum absolute atomic E-state index is 0.906. The van der Waals surface area contributed by atoms with Crippen LogP contribution in [0.4, 0.5) is 0 Å². The molecule has 0 amide bonds. The van der Waals surface area contributed by atoms with Crippen LogP contribution in [-0.4, -0.2) is 6.16 Å². The summed E-state index contributed by atoms with van der Waals surface area (Å²) in [6.07, 6.45) is 0.906. The Labute approximate surface area is 132 Å². The molecule has 2 N–H and O–H groups in total. The minimum atomic E-state index is -2.90. The third kappa shape index (κ3) is 2.09. The van der Waals surface area contributed by atoms with Gasteiger partial charge in [0.1, 0.15) is 0 Å². The Morgan fingerprint density at radius 2 is 0.864 bits per heavy atom. The molecule has 3 rings (SSSR count). The second kappa shape index (κ2) is 5.68. The predicted molar refractivity (Wildman–Crippen MR) is 99.9 cm³/mol. The first kappa shape index (κ1) is 15.0. The van der Waals surface area contributed by atoms with Gasteiger partial charge < -0.3 is 0 Å². The number of rotatable bonds is 4. The summed E-state index contributed by atoms with van der Waals surface area (Å²) in [5, 5.41) is 3.73. The molecule has 0 aliphatic heterocycles. The van der Waals surface area contributed by atoms with Gasteiger partial charge in [0.25, 0.3) is 0 Å². The number of benzene rings is 3. The molecular weight excluding hydrogens is 285 g/mol. The zero-order valence-electron chi connectivity index (χ0n) is 12.9. The zero-order valence-corrected chi connectivity index (χ0v) is 13.8. The van der Waals surface area contributed by atoms with Crippen molar-refractivity contribution in [1.82, 2.24) is 0 Å². The average Bonchev–Trinajstić information content (AvgIpc) is 2.63. The Bertz CT molecular complexity index is 639. The molecule has 0 aromatic heterocycles. The monoisotopic (exact) mass is 307 g/mol. The van der Waals surface area contributed by atoms with Crippen LogP contribution in [0.25, 0.3) is 0 Å². The number of hydrogen-bond donors (Lipinski definition) is 1. The first-order valence-corrected chi connectivity index (χ1v) is 10.2. The normalized spacial score (nSPS) is 13.3. The van der Waals surface area contributed by atoms with Gasteiger partial charge in [-0.05, 0) is 0 Å². The Kier molecular flexibility index (Phi) is 3.87. The summed E-state index contributed by atoms with van der Waals surface area (Å²) in [5.41, 5.74) is 7.42. The third-order valence-electron chi connectivity index (χ3n) is 4.70. The fourth-order valence-electron chi connectivity index (χ4n) is 3.30. The summed E-state index contributed by atoms with van der Waals surface area (Å²) in [6.45, 7) is -0.687. The molecule has 0 saturated carbocycles. The van der Waals surface area contributed by atoms with E-state index < -0.39 is 6.75 Å². The fraction of sp³-hybridized carbons (Fsp3) is 0.100. The topological polar surface area (TPSA) is 26.0 Å². The van der Waals surface area contributed by atoms with E-state index in [0.29, 0.717) is 0 Å². The van der Waals surface area contributed by atoms with Gasteiger partial charge in [-0.3, -0.25) is 0 Å². The van der Waals surface area contributed by atoms with Crippen molar-refractivity contribution >= 4 is 22.7 Å². The van der Waals surface area contributed by atoms with Gasteiger partial charge in [-0.15, -0.1) is 0 Å². The van der Waals surface area contributed by atoms with Crippen molar-refractivity contribution in [2.24, 2.45) is 5.50 Å². The fourth-order valence-corrected chi connectivity index (χ4v) is 7.85. The van der Waals surface area contributed by atoms with Crippen LogP contribution in [0.15, 0.2) is 91.0 Å². The van der Waals surface area contributed by atoms with Crippen molar-refractivity contribution in [3.63, 3.8) is 0 Å². The van der Waals surface area contributed by atoms with Gasteiger partial charge in [0.2, 0.25) is 0 Å². The van der Waals surface area contributed by atoms with Gasteiger partial charge in [0.15, 0.2) is 0 Å². The maximum atomic E-state index is 7.42. The van der Waals surface area contributed by atoms with E-state index in [9.17, 15) is 0 Å². The summed E-state index contributed by atoms with van der Waals surface area (Å²) in [6, 6.07) is 31.8. The maximum absolute atomic E-state index is 7.42. The molecule has 0 spiro atoms. The van der Waals surface area contributed by atoms with E-state index in [1.807, 2.05) is 0 Å². The zero-order chi connectivity index (χ0) is 15.5. The van der Waals surface area contributed by atoms with E-state index in [-0.39, 0.29) is 0 Å². The molecular formula is C20H22NP.